The molecular weight excluding hydrogens is 278 g/mol. The molecule has 1 aliphatic heterocycles. The van der Waals surface area contributed by atoms with Crippen LogP contribution in [0.15, 0.2) is 24.3 Å². The van der Waals surface area contributed by atoms with Crippen molar-refractivity contribution in [2.75, 3.05) is 32.8 Å². The smallest absolute Gasteiger partial charge is 0.122 e. The summed E-state index contributed by atoms with van der Waals surface area (Å²) in [6.45, 7) is 7.31. The predicted octanol–water partition coefficient (Wildman–Crippen LogP) is 2.25. The van der Waals surface area contributed by atoms with Gasteiger partial charge in [0.15, 0.2) is 0 Å². The predicted molar refractivity (Wildman–Crippen MR) is 88.3 cm³/mol. The van der Waals surface area contributed by atoms with Crippen molar-refractivity contribution >= 4 is 0 Å². The number of nitrogens with zero attached hydrogens (tertiary/aromatic N) is 1. The summed E-state index contributed by atoms with van der Waals surface area (Å²) < 4.78 is 5.83. The number of hydrogen-bond donors (Lipinski definition) is 2. The van der Waals surface area contributed by atoms with E-state index in [1.807, 2.05) is 18.2 Å². The summed E-state index contributed by atoms with van der Waals surface area (Å²) in [7, 11) is 0. The topological polar surface area (TPSA) is 52.9 Å². The number of ether oxygens (including phenoxy) is 1. The van der Waals surface area contributed by atoms with E-state index in [0.717, 1.165) is 31.7 Å². The first-order chi connectivity index (χ1) is 10.6. The molecule has 2 N–H and O–H groups in total. The van der Waals surface area contributed by atoms with Gasteiger partial charge in [0.2, 0.25) is 0 Å². The number of para-hydroxylation sites is 1. The van der Waals surface area contributed by atoms with Gasteiger partial charge >= 0.3 is 0 Å². The molecule has 1 heterocycles. The zero-order valence-electron chi connectivity index (χ0n) is 13.7. The van der Waals surface area contributed by atoms with E-state index in [0.29, 0.717) is 25.0 Å². The molecule has 124 valence electrons. The molecule has 0 radical (unpaired) electrons. The van der Waals surface area contributed by atoms with Gasteiger partial charge < -0.3 is 19.8 Å². The van der Waals surface area contributed by atoms with Crippen molar-refractivity contribution in [3.8, 4) is 5.75 Å². The van der Waals surface area contributed by atoms with Crippen LogP contribution in [0.4, 0.5) is 0 Å². The molecule has 2 unspecified atom stereocenters. The Morgan fingerprint density at radius 3 is 2.82 bits per heavy atom. The van der Waals surface area contributed by atoms with E-state index >= 15 is 0 Å². The molecule has 1 aromatic rings. The van der Waals surface area contributed by atoms with Crippen LogP contribution in [-0.2, 0) is 0 Å². The lowest BCUT2D eigenvalue weighted by atomic mass is 9.99. The molecule has 1 saturated heterocycles. The van der Waals surface area contributed by atoms with Crippen molar-refractivity contribution in [1.82, 2.24) is 4.90 Å². The fraction of sp³-hybridized carbons (Fsp3) is 0.667. The number of piperidine rings is 1. The Kier molecular flexibility index (Phi) is 6.68. The number of aliphatic hydroxyl groups excluding tert-OH is 2. The first-order valence-corrected chi connectivity index (χ1v) is 8.33. The van der Waals surface area contributed by atoms with Crippen molar-refractivity contribution in [1.29, 1.82) is 0 Å². The van der Waals surface area contributed by atoms with Crippen molar-refractivity contribution in [3.05, 3.63) is 29.8 Å². The first-order valence-electron chi connectivity index (χ1n) is 8.33. The Hall–Kier alpha value is -1.10. The van der Waals surface area contributed by atoms with Crippen LogP contribution in [0.2, 0.25) is 0 Å². The maximum atomic E-state index is 10.2. The summed E-state index contributed by atoms with van der Waals surface area (Å²) in [6, 6.07) is 8.01. The van der Waals surface area contributed by atoms with E-state index in [9.17, 15) is 10.2 Å². The minimum atomic E-state index is -0.502. The van der Waals surface area contributed by atoms with E-state index < -0.39 is 6.10 Å². The molecule has 22 heavy (non-hydrogen) atoms. The highest BCUT2D eigenvalue weighted by Gasteiger charge is 2.21. The number of rotatable bonds is 7. The Balaban J connectivity index is 1.81. The van der Waals surface area contributed by atoms with E-state index in [-0.39, 0.29) is 6.61 Å². The molecule has 0 aliphatic carbocycles. The minimum Gasteiger partial charge on any atom is -0.491 e. The maximum absolute atomic E-state index is 10.2. The Bertz CT molecular complexity index is 450. The van der Waals surface area contributed by atoms with E-state index in [4.69, 9.17) is 4.74 Å². The summed E-state index contributed by atoms with van der Waals surface area (Å²) in [5, 5.41) is 19.5. The molecule has 4 nitrogen and oxygen atoms in total. The number of likely N-dealkylation sites (tertiary alicyclic amines) is 1. The number of hydrogen-bond acceptors (Lipinski definition) is 4. The highest BCUT2D eigenvalue weighted by atomic mass is 16.5. The molecule has 1 fully saturated rings. The standard InChI is InChI=1S/C18H29NO3/c1-14(2)17-7-3-4-8-18(17)22-13-16(21)11-19-9-5-6-15(10-19)12-20/h3-4,7-8,14-16,20-21H,5-6,9-13H2,1-2H3. The number of β-amino-alcohol motifs (C(OH)–C–C–N with tert-alkyl or cyclic N) is 1. The molecule has 0 amide bonds. The van der Waals surface area contributed by atoms with Gasteiger partial charge in [-0.3, -0.25) is 0 Å². The largest absolute Gasteiger partial charge is 0.491 e. The lowest BCUT2D eigenvalue weighted by molar-refractivity contribution is 0.0429. The summed E-state index contributed by atoms with van der Waals surface area (Å²) >= 11 is 0. The Morgan fingerprint density at radius 1 is 1.32 bits per heavy atom. The third-order valence-corrected chi connectivity index (χ3v) is 4.30. The second-order valence-corrected chi connectivity index (χ2v) is 6.61. The summed E-state index contributed by atoms with van der Waals surface area (Å²) in [5.74, 6) is 1.62. The fourth-order valence-corrected chi connectivity index (χ4v) is 3.09. The first kappa shape index (κ1) is 17.3. The van der Waals surface area contributed by atoms with Gasteiger partial charge in [0.25, 0.3) is 0 Å². The Morgan fingerprint density at radius 2 is 2.09 bits per heavy atom. The monoisotopic (exact) mass is 307 g/mol. The van der Waals surface area contributed by atoms with Crippen molar-refractivity contribution < 1.29 is 14.9 Å². The molecule has 0 bridgehead atoms. The SMILES string of the molecule is CC(C)c1ccccc1OCC(O)CN1CCCC(CO)C1. The molecular formula is C18H29NO3. The molecule has 1 aromatic carbocycles. The zero-order valence-corrected chi connectivity index (χ0v) is 13.7. The highest BCUT2D eigenvalue weighted by molar-refractivity contribution is 5.35. The van der Waals surface area contributed by atoms with Crippen molar-refractivity contribution in [2.24, 2.45) is 5.92 Å². The number of aliphatic hydroxyl groups is 2. The lowest BCUT2D eigenvalue weighted by Gasteiger charge is -2.33. The van der Waals surface area contributed by atoms with Gasteiger partial charge in [-0.2, -0.15) is 0 Å². The summed E-state index contributed by atoms with van der Waals surface area (Å²) in [5.41, 5.74) is 1.17. The molecule has 2 atom stereocenters. The van der Waals surface area contributed by atoms with Crippen LogP contribution in [0.25, 0.3) is 0 Å². The van der Waals surface area contributed by atoms with Crippen LogP contribution in [0.5, 0.6) is 5.75 Å². The van der Waals surface area contributed by atoms with Gasteiger partial charge in [-0.25, -0.2) is 0 Å². The molecule has 0 spiro atoms. The third kappa shape index (κ3) is 4.97. The van der Waals surface area contributed by atoms with Crippen LogP contribution in [0.1, 0.15) is 38.2 Å². The van der Waals surface area contributed by atoms with E-state index in [2.05, 4.69) is 24.8 Å². The van der Waals surface area contributed by atoms with E-state index in [1.165, 1.54) is 5.56 Å². The lowest BCUT2D eigenvalue weighted by Crippen LogP contribution is -2.42. The van der Waals surface area contributed by atoms with Gasteiger partial charge in [0.1, 0.15) is 18.5 Å². The van der Waals surface area contributed by atoms with E-state index in [1.54, 1.807) is 0 Å². The fourth-order valence-electron chi connectivity index (χ4n) is 3.09. The minimum absolute atomic E-state index is 0.241. The van der Waals surface area contributed by atoms with Crippen molar-refractivity contribution in [3.63, 3.8) is 0 Å². The Labute approximate surface area is 133 Å². The molecule has 4 heteroatoms. The number of benzene rings is 1. The van der Waals surface area contributed by atoms with Crippen LogP contribution in [-0.4, -0.2) is 54.1 Å². The quantitative estimate of drug-likeness (QED) is 0.811. The average molecular weight is 307 g/mol. The highest BCUT2D eigenvalue weighted by Crippen LogP contribution is 2.26. The van der Waals surface area contributed by atoms with Crippen LogP contribution in [0.3, 0.4) is 0 Å². The molecule has 1 aliphatic rings. The van der Waals surface area contributed by atoms with Crippen LogP contribution in [0, 0.1) is 5.92 Å². The third-order valence-electron chi connectivity index (χ3n) is 4.30. The van der Waals surface area contributed by atoms with Crippen LogP contribution < -0.4 is 4.74 Å². The second kappa shape index (κ2) is 8.51. The maximum Gasteiger partial charge on any atom is 0.122 e. The summed E-state index contributed by atoms with van der Waals surface area (Å²) in [6.07, 6.45) is 1.67. The van der Waals surface area contributed by atoms with Gasteiger partial charge in [-0.05, 0) is 42.9 Å². The normalized spacial score (nSPS) is 21.0. The van der Waals surface area contributed by atoms with Gasteiger partial charge in [0, 0.05) is 19.7 Å². The molecule has 0 saturated carbocycles. The van der Waals surface area contributed by atoms with Crippen molar-refractivity contribution in [2.45, 2.75) is 38.7 Å². The second-order valence-electron chi connectivity index (χ2n) is 6.61. The molecule has 2 rings (SSSR count). The van der Waals surface area contributed by atoms with Crippen LogP contribution >= 0.6 is 0 Å². The van der Waals surface area contributed by atoms with Gasteiger partial charge in [-0.1, -0.05) is 32.0 Å². The van der Waals surface area contributed by atoms with Gasteiger partial charge in [-0.15, -0.1) is 0 Å². The molecule has 0 aromatic heterocycles. The average Bonchev–Trinajstić information content (AvgIpc) is 2.53. The van der Waals surface area contributed by atoms with Gasteiger partial charge in [0.05, 0.1) is 0 Å². The zero-order chi connectivity index (χ0) is 15.9. The summed E-state index contributed by atoms with van der Waals surface area (Å²) in [4.78, 5) is 2.23.